The molecule has 1 aromatic rings. The zero-order valence-corrected chi connectivity index (χ0v) is 13.3. The lowest BCUT2D eigenvalue weighted by Gasteiger charge is -2.18. The lowest BCUT2D eigenvalue weighted by molar-refractivity contribution is 0.559. The van der Waals surface area contributed by atoms with Crippen LogP contribution in [-0.2, 0) is 19.7 Å². The molecule has 0 saturated heterocycles. The van der Waals surface area contributed by atoms with Crippen molar-refractivity contribution in [2.75, 3.05) is 11.5 Å². The van der Waals surface area contributed by atoms with E-state index in [4.69, 9.17) is 5.26 Å². The van der Waals surface area contributed by atoms with E-state index in [0.29, 0.717) is 0 Å². The van der Waals surface area contributed by atoms with Crippen molar-refractivity contribution in [2.24, 2.45) is 0 Å². The molecule has 1 aromatic carbocycles. The molecule has 0 saturated carbocycles. The number of hydrogen-bond acceptors (Lipinski definition) is 5. The predicted octanol–water partition coefficient (Wildman–Crippen LogP) is 1.55. The maximum atomic E-state index is 12.1. The molecule has 0 N–H and O–H groups in total. The minimum atomic E-state index is -3.72. The highest BCUT2D eigenvalue weighted by Crippen LogP contribution is 2.19. The molecule has 0 heterocycles. The van der Waals surface area contributed by atoms with Crippen LogP contribution in [0.2, 0.25) is 0 Å². The molecule has 20 heavy (non-hydrogen) atoms. The molecule has 0 amide bonds. The van der Waals surface area contributed by atoms with E-state index in [2.05, 4.69) is 0 Å². The molecule has 5 nitrogen and oxygen atoms in total. The third kappa shape index (κ3) is 3.81. The quantitative estimate of drug-likeness (QED) is 0.840. The largest absolute Gasteiger partial charge is 0.228 e. The molecule has 0 aliphatic heterocycles. The summed E-state index contributed by atoms with van der Waals surface area (Å²) in [5.74, 6) is -0.920. The van der Waals surface area contributed by atoms with Crippen LogP contribution in [0.15, 0.2) is 29.2 Å². The number of nitriles is 1. The zero-order chi connectivity index (χ0) is 15.6. The minimum absolute atomic E-state index is 0.0272. The van der Waals surface area contributed by atoms with Gasteiger partial charge in [-0.25, -0.2) is 16.8 Å². The maximum absolute atomic E-state index is 12.1. The van der Waals surface area contributed by atoms with Gasteiger partial charge in [-0.3, -0.25) is 0 Å². The van der Waals surface area contributed by atoms with Crippen molar-refractivity contribution in [3.8, 4) is 6.07 Å². The molecule has 0 aliphatic rings. The van der Waals surface area contributed by atoms with Crippen LogP contribution in [0.4, 0.5) is 0 Å². The van der Waals surface area contributed by atoms with Crippen molar-refractivity contribution < 1.29 is 16.8 Å². The molecule has 0 radical (unpaired) electrons. The molecule has 110 valence electrons. The van der Waals surface area contributed by atoms with E-state index < -0.39 is 35.9 Å². The zero-order valence-electron chi connectivity index (χ0n) is 11.6. The second-order valence-corrected chi connectivity index (χ2v) is 10.4. The van der Waals surface area contributed by atoms with E-state index in [1.54, 1.807) is 0 Å². The predicted molar refractivity (Wildman–Crippen MR) is 76.7 cm³/mol. The lowest BCUT2D eigenvalue weighted by Crippen LogP contribution is -2.33. The Morgan fingerprint density at radius 3 is 2.20 bits per heavy atom. The van der Waals surface area contributed by atoms with E-state index in [-0.39, 0.29) is 10.5 Å². The Labute approximate surface area is 120 Å². The van der Waals surface area contributed by atoms with Crippen LogP contribution < -0.4 is 0 Å². The van der Waals surface area contributed by atoms with Crippen LogP contribution in [0.1, 0.15) is 26.3 Å². The van der Waals surface area contributed by atoms with Gasteiger partial charge in [0.2, 0.25) is 0 Å². The van der Waals surface area contributed by atoms with Gasteiger partial charge in [0.1, 0.15) is 0 Å². The minimum Gasteiger partial charge on any atom is -0.228 e. The van der Waals surface area contributed by atoms with Crippen LogP contribution in [0.25, 0.3) is 0 Å². The van der Waals surface area contributed by atoms with Crippen LogP contribution in [-0.4, -0.2) is 33.1 Å². The third-order valence-corrected chi connectivity index (χ3v) is 7.46. The fourth-order valence-electron chi connectivity index (χ4n) is 1.40. The highest BCUT2D eigenvalue weighted by atomic mass is 32.2. The Bertz CT molecular complexity index is 735. The van der Waals surface area contributed by atoms with Gasteiger partial charge < -0.3 is 0 Å². The molecule has 0 atom stereocenters. The van der Waals surface area contributed by atoms with Crippen LogP contribution >= 0.6 is 0 Å². The van der Waals surface area contributed by atoms with E-state index in [9.17, 15) is 16.8 Å². The van der Waals surface area contributed by atoms with Crippen molar-refractivity contribution in [1.29, 1.82) is 5.26 Å². The Hall–Kier alpha value is -1.39. The van der Waals surface area contributed by atoms with Crippen molar-refractivity contribution in [3.63, 3.8) is 0 Å². The number of nitrogens with zero attached hydrogens (tertiary/aromatic N) is 1. The molecule has 0 spiro atoms. The van der Waals surface area contributed by atoms with Gasteiger partial charge >= 0.3 is 0 Å². The normalized spacial score (nSPS) is 12.9. The fraction of sp³-hybridized carbons (Fsp3) is 0.462. The summed E-state index contributed by atoms with van der Waals surface area (Å²) in [5.41, 5.74) is 0.227. The average molecular weight is 315 g/mol. The van der Waals surface area contributed by atoms with Gasteiger partial charge in [0, 0.05) is 0 Å². The summed E-state index contributed by atoms with van der Waals surface area (Å²) in [6.07, 6.45) is 0. The standard InChI is InChI=1S/C13H17NO4S2/c1-13(2,3)20(17,18)8-7-19(15,16)12-6-4-5-11(9-12)10-14/h4-6,9H,7-8H2,1-3H3. The topological polar surface area (TPSA) is 92.1 Å². The smallest absolute Gasteiger partial charge is 0.179 e. The van der Waals surface area contributed by atoms with E-state index in [0.717, 1.165) is 0 Å². The molecule has 0 fully saturated rings. The first-order valence-electron chi connectivity index (χ1n) is 5.95. The van der Waals surface area contributed by atoms with E-state index >= 15 is 0 Å². The summed E-state index contributed by atoms with van der Waals surface area (Å²) >= 11 is 0. The fourth-order valence-corrected chi connectivity index (χ4v) is 4.60. The highest BCUT2D eigenvalue weighted by Gasteiger charge is 2.30. The van der Waals surface area contributed by atoms with Crippen LogP contribution in [0, 0.1) is 11.3 Å². The number of benzene rings is 1. The van der Waals surface area contributed by atoms with Gasteiger partial charge in [0.25, 0.3) is 0 Å². The summed E-state index contributed by atoms with van der Waals surface area (Å²) in [6, 6.07) is 7.42. The SMILES string of the molecule is CC(C)(C)S(=O)(=O)CCS(=O)(=O)c1cccc(C#N)c1. The Kier molecular flexibility index (Phi) is 4.62. The van der Waals surface area contributed by atoms with Crippen molar-refractivity contribution >= 4 is 19.7 Å². The Morgan fingerprint density at radius 1 is 1.10 bits per heavy atom. The summed E-state index contributed by atoms with van der Waals surface area (Å²) in [5, 5.41) is 8.75. The number of sulfone groups is 2. The number of hydrogen-bond donors (Lipinski definition) is 0. The second-order valence-electron chi connectivity index (χ2n) is 5.39. The average Bonchev–Trinajstić information content (AvgIpc) is 2.35. The second kappa shape index (κ2) is 5.54. The summed E-state index contributed by atoms with van der Waals surface area (Å²) in [4.78, 5) is -0.0272. The van der Waals surface area contributed by atoms with Gasteiger partial charge in [-0.15, -0.1) is 0 Å². The van der Waals surface area contributed by atoms with Crippen LogP contribution in [0.3, 0.4) is 0 Å². The molecule has 0 aromatic heterocycles. The first-order chi connectivity index (χ1) is 8.99. The third-order valence-electron chi connectivity index (χ3n) is 2.88. The summed E-state index contributed by atoms with van der Waals surface area (Å²) in [6.45, 7) is 4.60. The molecule has 1 rings (SSSR count). The highest BCUT2D eigenvalue weighted by molar-refractivity contribution is 7.95. The van der Waals surface area contributed by atoms with E-state index in [1.807, 2.05) is 6.07 Å². The summed E-state index contributed by atoms with van der Waals surface area (Å²) in [7, 11) is -7.22. The van der Waals surface area contributed by atoms with Gasteiger partial charge in [-0.05, 0) is 39.0 Å². The van der Waals surface area contributed by atoms with Crippen molar-refractivity contribution in [3.05, 3.63) is 29.8 Å². The first-order valence-corrected chi connectivity index (χ1v) is 9.25. The first kappa shape index (κ1) is 16.7. The lowest BCUT2D eigenvalue weighted by atomic mass is 10.2. The van der Waals surface area contributed by atoms with Gasteiger partial charge in [0.05, 0.1) is 32.8 Å². The number of rotatable bonds is 4. The van der Waals surface area contributed by atoms with Crippen molar-refractivity contribution in [1.82, 2.24) is 0 Å². The van der Waals surface area contributed by atoms with Gasteiger partial charge in [0.15, 0.2) is 19.7 Å². The summed E-state index contributed by atoms with van der Waals surface area (Å²) < 4.78 is 47.1. The van der Waals surface area contributed by atoms with Gasteiger partial charge in [-0.2, -0.15) is 5.26 Å². The van der Waals surface area contributed by atoms with E-state index in [1.165, 1.54) is 45.0 Å². The van der Waals surface area contributed by atoms with Gasteiger partial charge in [-0.1, -0.05) is 6.07 Å². The monoisotopic (exact) mass is 315 g/mol. The van der Waals surface area contributed by atoms with Crippen LogP contribution in [0.5, 0.6) is 0 Å². The maximum Gasteiger partial charge on any atom is 0.179 e. The molecule has 7 heteroatoms. The molecule has 0 bridgehead atoms. The Balaban J connectivity index is 3.01. The Morgan fingerprint density at radius 2 is 1.70 bits per heavy atom. The molecular weight excluding hydrogens is 298 g/mol. The molecule has 0 unspecified atom stereocenters. The molecular formula is C13H17NO4S2. The van der Waals surface area contributed by atoms with Crippen molar-refractivity contribution in [2.45, 2.75) is 30.4 Å². The molecule has 0 aliphatic carbocycles.